The standard InChI is InChI=1S/C24H26N4O2S/c29-23(18-8-9-18)25-19-10-12-27(13-11-19)24(30)20-16-28(15-17-5-2-1-3-6-17)26-22(20)21-7-4-14-31-21/h1-7,14,16,18-19H,8-13,15H2,(H,25,29). The molecule has 1 aliphatic carbocycles. The molecule has 3 aromatic rings. The van der Waals surface area contributed by atoms with Crippen LogP contribution in [0.1, 0.15) is 41.6 Å². The molecular formula is C24H26N4O2S. The van der Waals surface area contributed by atoms with Gasteiger partial charge >= 0.3 is 0 Å². The van der Waals surface area contributed by atoms with Gasteiger partial charge in [-0.3, -0.25) is 14.3 Å². The summed E-state index contributed by atoms with van der Waals surface area (Å²) in [5, 5.41) is 9.93. The Labute approximate surface area is 185 Å². The molecule has 1 aromatic carbocycles. The minimum absolute atomic E-state index is 0.0229. The Morgan fingerprint density at radius 2 is 1.81 bits per heavy atom. The van der Waals surface area contributed by atoms with Crippen molar-refractivity contribution in [1.29, 1.82) is 0 Å². The fraction of sp³-hybridized carbons (Fsp3) is 0.375. The monoisotopic (exact) mass is 434 g/mol. The molecule has 0 unspecified atom stereocenters. The first-order chi connectivity index (χ1) is 15.2. The first-order valence-electron chi connectivity index (χ1n) is 10.9. The second-order valence-electron chi connectivity index (χ2n) is 8.40. The summed E-state index contributed by atoms with van der Waals surface area (Å²) in [6.45, 7) is 1.94. The SMILES string of the molecule is O=C(NC1CCN(C(=O)c2cn(Cc3ccccc3)nc2-c2cccs2)CC1)C1CC1. The topological polar surface area (TPSA) is 67.2 Å². The molecule has 0 radical (unpaired) electrons. The number of nitrogens with one attached hydrogen (secondary N) is 1. The Hall–Kier alpha value is -2.93. The Balaban J connectivity index is 1.31. The number of thiophene rings is 1. The zero-order valence-corrected chi connectivity index (χ0v) is 18.2. The molecule has 1 saturated heterocycles. The van der Waals surface area contributed by atoms with Gasteiger partial charge in [0.2, 0.25) is 5.91 Å². The van der Waals surface area contributed by atoms with Crippen LogP contribution in [0, 0.1) is 5.92 Å². The Morgan fingerprint density at radius 3 is 2.48 bits per heavy atom. The molecule has 3 heterocycles. The van der Waals surface area contributed by atoms with Crippen LogP contribution in [0.3, 0.4) is 0 Å². The smallest absolute Gasteiger partial charge is 0.257 e. The summed E-state index contributed by atoms with van der Waals surface area (Å²) < 4.78 is 1.86. The first-order valence-corrected chi connectivity index (χ1v) is 11.8. The number of hydrogen-bond acceptors (Lipinski definition) is 4. The van der Waals surface area contributed by atoms with Gasteiger partial charge in [-0.1, -0.05) is 36.4 Å². The van der Waals surface area contributed by atoms with Gasteiger partial charge in [-0.2, -0.15) is 5.10 Å². The van der Waals surface area contributed by atoms with Gasteiger partial charge in [0.1, 0.15) is 5.69 Å². The van der Waals surface area contributed by atoms with E-state index in [2.05, 4.69) is 17.4 Å². The lowest BCUT2D eigenvalue weighted by atomic mass is 10.0. The van der Waals surface area contributed by atoms with E-state index in [-0.39, 0.29) is 23.8 Å². The fourth-order valence-corrected chi connectivity index (χ4v) is 4.81. The van der Waals surface area contributed by atoms with Gasteiger partial charge in [0.05, 0.1) is 17.0 Å². The number of aromatic nitrogens is 2. The molecule has 5 rings (SSSR count). The molecule has 7 heteroatoms. The van der Waals surface area contributed by atoms with Crippen LogP contribution < -0.4 is 5.32 Å². The zero-order chi connectivity index (χ0) is 21.2. The van der Waals surface area contributed by atoms with Crippen LogP contribution in [0.15, 0.2) is 54.0 Å². The Morgan fingerprint density at radius 1 is 1.03 bits per heavy atom. The first kappa shape index (κ1) is 20.0. The largest absolute Gasteiger partial charge is 0.353 e. The normalized spacial score (nSPS) is 17.0. The van der Waals surface area contributed by atoms with Crippen molar-refractivity contribution >= 4 is 23.2 Å². The lowest BCUT2D eigenvalue weighted by Crippen LogP contribution is -2.47. The van der Waals surface area contributed by atoms with Gasteiger partial charge in [0.25, 0.3) is 5.91 Å². The van der Waals surface area contributed by atoms with Crippen molar-refractivity contribution in [2.24, 2.45) is 5.92 Å². The van der Waals surface area contributed by atoms with Crippen LogP contribution in [0.4, 0.5) is 0 Å². The third-order valence-corrected chi connectivity index (χ3v) is 6.89. The maximum atomic E-state index is 13.4. The number of hydrogen-bond donors (Lipinski definition) is 1. The molecule has 1 saturated carbocycles. The van der Waals surface area contributed by atoms with Crippen LogP contribution in [0.25, 0.3) is 10.6 Å². The van der Waals surface area contributed by atoms with Gasteiger partial charge in [-0.05, 0) is 42.7 Å². The molecule has 0 spiro atoms. The molecule has 2 aliphatic rings. The summed E-state index contributed by atoms with van der Waals surface area (Å²) in [5.41, 5.74) is 2.55. The highest BCUT2D eigenvalue weighted by Gasteiger charge is 2.33. The number of rotatable bonds is 6. The van der Waals surface area contributed by atoms with E-state index in [9.17, 15) is 9.59 Å². The third-order valence-electron chi connectivity index (χ3n) is 6.01. The summed E-state index contributed by atoms with van der Waals surface area (Å²) in [7, 11) is 0. The van der Waals surface area contributed by atoms with Gasteiger partial charge < -0.3 is 10.2 Å². The van der Waals surface area contributed by atoms with Crippen molar-refractivity contribution in [3.63, 3.8) is 0 Å². The van der Waals surface area contributed by atoms with Crippen LogP contribution in [-0.2, 0) is 11.3 Å². The van der Waals surface area contributed by atoms with Gasteiger partial charge in [0, 0.05) is 31.2 Å². The van der Waals surface area contributed by atoms with Crippen molar-refractivity contribution in [1.82, 2.24) is 20.0 Å². The van der Waals surface area contributed by atoms with Crippen molar-refractivity contribution in [3.05, 3.63) is 65.2 Å². The van der Waals surface area contributed by atoms with Crippen LogP contribution in [0.5, 0.6) is 0 Å². The quantitative estimate of drug-likeness (QED) is 0.642. The highest BCUT2D eigenvalue weighted by atomic mass is 32.1. The summed E-state index contributed by atoms with van der Waals surface area (Å²) in [4.78, 5) is 28.4. The molecular weight excluding hydrogens is 408 g/mol. The van der Waals surface area contributed by atoms with Crippen molar-refractivity contribution in [2.45, 2.75) is 38.3 Å². The predicted octanol–water partition coefficient (Wildman–Crippen LogP) is 3.79. The minimum Gasteiger partial charge on any atom is -0.353 e. The molecule has 6 nitrogen and oxygen atoms in total. The van der Waals surface area contributed by atoms with E-state index in [4.69, 9.17) is 5.10 Å². The molecule has 2 fully saturated rings. The van der Waals surface area contributed by atoms with E-state index in [1.54, 1.807) is 11.3 Å². The minimum atomic E-state index is 0.0229. The number of amides is 2. The molecule has 31 heavy (non-hydrogen) atoms. The maximum absolute atomic E-state index is 13.4. The van der Waals surface area contributed by atoms with Gasteiger partial charge in [-0.25, -0.2) is 0 Å². The van der Waals surface area contributed by atoms with Gasteiger partial charge in [0.15, 0.2) is 0 Å². The van der Waals surface area contributed by atoms with E-state index in [1.807, 2.05) is 51.5 Å². The van der Waals surface area contributed by atoms with Crippen molar-refractivity contribution in [2.75, 3.05) is 13.1 Å². The van der Waals surface area contributed by atoms with E-state index >= 15 is 0 Å². The van der Waals surface area contributed by atoms with Gasteiger partial charge in [-0.15, -0.1) is 11.3 Å². The van der Waals surface area contributed by atoms with E-state index in [0.717, 1.165) is 41.8 Å². The second kappa shape index (κ2) is 8.67. The van der Waals surface area contributed by atoms with E-state index < -0.39 is 0 Å². The third kappa shape index (κ3) is 4.56. The number of likely N-dealkylation sites (tertiary alicyclic amines) is 1. The molecule has 160 valence electrons. The van der Waals surface area contributed by atoms with Crippen LogP contribution in [-0.4, -0.2) is 45.6 Å². The van der Waals surface area contributed by atoms with E-state index in [0.29, 0.717) is 25.2 Å². The van der Waals surface area contributed by atoms with E-state index in [1.165, 1.54) is 0 Å². The van der Waals surface area contributed by atoms with Crippen LogP contribution in [0.2, 0.25) is 0 Å². The summed E-state index contributed by atoms with van der Waals surface area (Å²) in [5.74, 6) is 0.435. The second-order valence-corrected chi connectivity index (χ2v) is 9.35. The average Bonchev–Trinajstić information content (AvgIpc) is 3.35. The zero-order valence-electron chi connectivity index (χ0n) is 17.4. The summed E-state index contributed by atoms with van der Waals surface area (Å²) in [6.07, 6.45) is 5.52. The molecule has 2 aromatic heterocycles. The number of piperidine rings is 1. The Kier molecular flexibility index (Phi) is 5.59. The highest BCUT2D eigenvalue weighted by Crippen LogP contribution is 2.30. The van der Waals surface area contributed by atoms with Crippen molar-refractivity contribution < 1.29 is 9.59 Å². The number of nitrogens with zero attached hydrogens (tertiary/aromatic N) is 3. The maximum Gasteiger partial charge on any atom is 0.257 e. The molecule has 0 atom stereocenters. The Bertz CT molecular complexity index is 1050. The lowest BCUT2D eigenvalue weighted by molar-refractivity contribution is -0.123. The summed E-state index contributed by atoms with van der Waals surface area (Å²) in [6, 6.07) is 14.3. The molecule has 2 amide bonds. The number of carbonyl (C=O) groups is 2. The molecule has 0 bridgehead atoms. The average molecular weight is 435 g/mol. The van der Waals surface area contributed by atoms with Crippen molar-refractivity contribution in [3.8, 4) is 10.6 Å². The fourth-order valence-electron chi connectivity index (χ4n) is 4.09. The predicted molar refractivity (Wildman–Crippen MR) is 121 cm³/mol. The molecule has 1 N–H and O–H groups in total. The number of carbonyl (C=O) groups excluding carboxylic acids is 2. The summed E-state index contributed by atoms with van der Waals surface area (Å²) >= 11 is 1.60. The highest BCUT2D eigenvalue weighted by molar-refractivity contribution is 7.13. The molecule has 1 aliphatic heterocycles. The lowest BCUT2D eigenvalue weighted by Gasteiger charge is -2.32. The number of benzene rings is 1. The van der Waals surface area contributed by atoms with Crippen LogP contribution >= 0.6 is 11.3 Å².